The van der Waals surface area contributed by atoms with Crippen LogP contribution in [0.3, 0.4) is 0 Å². The van der Waals surface area contributed by atoms with E-state index in [-0.39, 0.29) is 19.4 Å². The van der Waals surface area contributed by atoms with Gasteiger partial charge in [0, 0.05) is 24.4 Å². The number of alkyl halides is 3. The number of carboxylic acid groups (broad SMARTS) is 1. The molecule has 3 rings (SSSR count). The lowest BCUT2D eigenvalue weighted by molar-refractivity contribution is -0.137. The number of hydrogen-bond acceptors (Lipinski definition) is 2. The molecule has 0 bridgehead atoms. The Morgan fingerprint density at radius 3 is 2.24 bits per heavy atom. The van der Waals surface area contributed by atoms with Gasteiger partial charge in [0.05, 0.1) is 6.42 Å². The minimum Gasteiger partial charge on any atom is -0.481 e. The van der Waals surface area contributed by atoms with Gasteiger partial charge in [-0.2, -0.15) is 13.2 Å². The predicted octanol–water partition coefficient (Wildman–Crippen LogP) is 7.64. The van der Waals surface area contributed by atoms with Gasteiger partial charge in [-0.15, -0.1) is 0 Å². The average molecular weight is 514 g/mol. The van der Waals surface area contributed by atoms with E-state index in [2.05, 4.69) is 24.4 Å². The molecule has 0 radical (unpaired) electrons. The molecular weight excluding hydrogens is 479 g/mol. The Labute approximate surface area is 215 Å². The fourth-order valence-corrected chi connectivity index (χ4v) is 4.53. The standard InChI is InChI=1S/C30H34F3NO3/c1-2-3-4-5-6-21-7-8-25-20-26(14-13-24(25)19-21)27(15-17-30(31,32)33)22-9-11-23(12-10-22)29(37)34-18-16-28(35)36/h7-14,19-20,27H,2-6,15-18H2,1H3,(H,34,37)(H,35,36). The Morgan fingerprint density at radius 1 is 0.892 bits per heavy atom. The highest BCUT2D eigenvalue weighted by molar-refractivity contribution is 5.94. The zero-order chi connectivity index (χ0) is 26.8. The Hall–Kier alpha value is -3.35. The molecule has 3 aromatic rings. The number of nitrogens with one attached hydrogen (secondary N) is 1. The Balaban J connectivity index is 1.81. The fourth-order valence-electron chi connectivity index (χ4n) is 4.53. The zero-order valence-corrected chi connectivity index (χ0v) is 21.1. The van der Waals surface area contributed by atoms with E-state index in [1.807, 2.05) is 24.3 Å². The van der Waals surface area contributed by atoms with Crippen molar-refractivity contribution in [1.82, 2.24) is 5.32 Å². The highest BCUT2D eigenvalue weighted by atomic mass is 19.4. The first-order valence-corrected chi connectivity index (χ1v) is 12.9. The summed E-state index contributed by atoms with van der Waals surface area (Å²) in [5.74, 6) is -1.92. The van der Waals surface area contributed by atoms with Crippen LogP contribution >= 0.6 is 0 Å². The van der Waals surface area contributed by atoms with E-state index < -0.39 is 30.4 Å². The van der Waals surface area contributed by atoms with Gasteiger partial charge in [0.25, 0.3) is 5.91 Å². The van der Waals surface area contributed by atoms with Crippen molar-refractivity contribution < 1.29 is 27.9 Å². The maximum absolute atomic E-state index is 13.1. The molecule has 0 heterocycles. The van der Waals surface area contributed by atoms with Gasteiger partial charge < -0.3 is 10.4 Å². The fraction of sp³-hybridized carbons (Fsp3) is 0.400. The SMILES string of the molecule is CCCCCCc1ccc2cc(C(CCC(F)(F)F)c3ccc(C(=O)NCCC(=O)O)cc3)ccc2c1. The zero-order valence-electron chi connectivity index (χ0n) is 21.1. The van der Waals surface area contributed by atoms with Gasteiger partial charge in [-0.3, -0.25) is 9.59 Å². The third-order valence-corrected chi connectivity index (χ3v) is 6.57. The smallest absolute Gasteiger partial charge is 0.389 e. The molecule has 7 heteroatoms. The first-order valence-electron chi connectivity index (χ1n) is 12.9. The molecule has 2 N–H and O–H groups in total. The van der Waals surface area contributed by atoms with Gasteiger partial charge >= 0.3 is 12.1 Å². The van der Waals surface area contributed by atoms with Gasteiger partial charge in [-0.05, 0) is 58.9 Å². The van der Waals surface area contributed by atoms with Gasteiger partial charge in [0.2, 0.25) is 0 Å². The van der Waals surface area contributed by atoms with Crippen molar-refractivity contribution >= 4 is 22.6 Å². The summed E-state index contributed by atoms with van der Waals surface area (Å²) in [5.41, 5.74) is 3.08. The van der Waals surface area contributed by atoms with Crippen LogP contribution in [0.2, 0.25) is 0 Å². The maximum Gasteiger partial charge on any atom is 0.389 e. The average Bonchev–Trinajstić information content (AvgIpc) is 2.86. The molecule has 4 nitrogen and oxygen atoms in total. The molecule has 0 saturated carbocycles. The van der Waals surface area contributed by atoms with Crippen molar-refractivity contribution in [3.05, 3.63) is 82.9 Å². The van der Waals surface area contributed by atoms with E-state index in [4.69, 9.17) is 5.11 Å². The number of benzene rings is 3. The van der Waals surface area contributed by atoms with E-state index in [1.54, 1.807) is 24.3 Å². The summed E-state index contributed by atoms with van der Waals surface area (Å²) in [6, 6.07) is 18.6. The summed E-state index contributed by atoms with van der Waals surface area (Å²) in [4.78, 5) is 22.9. The first-order chi connectivity index (χ1) is 17.7. The second-order valence-corrected chi connectivity index (χ2v) is 9.48. The maximum atomic E-state index is 13.1. The Kier molecular flexibility index (Phi) is 10.1. The summed E-state index contributed by atoms with van der Waals surface area (Å²) in [7, 11) is 0. The molecule has 198 valence electrons. The predicted molar refractivity (Wildman–Crippen MR) is 140 cm³/mol. The molecule has 0 aliphatic rings. The van der Waals surface area contributed by atoms with Gasteiger partial charge in [0.15, 0.2) is 0 Å². The van der Waals surface area contributed by atoms with E-state index in [9.17, 15) is 22.8 Å². The van der Waals surface area contributed by atoms with Crippen LogP contribution in [0.5, 0.6) is 0 Å². The molecule has 0 aliphatic heterocycles. The number of fused-ring (bicyclic) bond motifs is 1. The van der Waals surface area contributed by atoms with Crippen molar-refractivity contribution in [2.75, 3.05) is 6.54 Å². The minimum absolute atomic E-state index is 0.00166. The van der Waals surface area contributed by atoms with Crippen molar-refractivity contribution in [3.63, 3.8) is 0 Å². The second-order valence-electron chi connectivity index (χ2n) is 9.48. The minimum atomic E-state index is -4.27. The topological polar surface area (TPSA) is 66.4 Å². The molecule has 0 spiro atoms. The third-order valence-electron chi connectivity index (χ3n) is 6.57. The largest absolute Gasteiger partial charge is 0.481 e. The molecule has 37 heavy (non-hydrogen) atoms. The lowest BCUT2D eigenvalue weighted by atomic mass is 9.85. The molecule has 3 aromatic carbocycles. The number of carbonyl (C=O) groups excluding carboxylic acids is 1. The number of carboxylic acids is 1. The van der Waals surface area contributed by atoms with Crippen LogP contribution in [-0.2, 0) is 11.2 Å². The van der Waals surface area contributed by atoms with Crippen LogP contribution < -0.4 is 5.32 Å². The number of aryl methyl sites for hydroxylation is 1. The molecule has 1 atom stereocenters. The van der Waals surface area contributed by atoms with Gasteiger partial charge in [-0.1, -0.05) is 74.7 Å². The van der Waals surface area contributed by atoms with Gasteiger partial charge in [-0.25, -0.2) is 0 Å². The summed E-state index contributed by atoms with van der Waals surface area (Å²) < 4.78 is 39.4. The number of halogens is 3. The second kappa shape index (κ2) is 13.3. The van der Waals surface area contributed by atoms with Gasteiger partial charge in [0.1, 0.15) is 0 Å². The van der Waals surface area contributed by atoms with Crippen molar-refractivity contribution in [2.45, 2.75) is 70.4 Å². The monoisotopic (exact) mass is 513 g/mol. The molecule has 0 saturated heterocycles. The van der Waals surface area contributed by atoms with Crippen LogP contribution in [0.1, 0.15) is 84.8 Å². The summed E-state index contributed by atoms with van der Waals surface area (Å²) in [6.45, 7) is 2.19. The molecule has 1 unspecified atom stereocenters. The normalized spacial score (nSPS) is 12.4. The number of unbranched alkanes of at least 4 members (excludes halogenated alkanes) is 3. The third kappa shape index (κ3) is 8.92. The number of rotatable bonds is 13. The lowest BCUT2D eigenvalue weighted by Crippen LogP contribution is -2.25. The highest BCUT2D eigenvalue weighted by Gasteiger charge is 2.29. The molecule has 1 amide bonds. The van der Waals surface area contributed by atoms with E-state index >= 15 is 0 Å². The summed E-state index contributed by atoms with van der Waals surface area (Å²) >= 11 is 0. The van der Waals surface area contributed by atoms with Crippen molar-refractivity contribution in [3.8, 4) is 0 Å². The van der Waals surface area contributed by atoms with Crippen LogP contribution in [0.15, 0.2) is 60.7 Å². The van der Waals surface area contributed by atoms with E-state index in [1.165, 1.54) is 24.8 Å². The Morgan fingerprint density at radius 2 is 1.57 bits per heavy atom. The van der Waals surface area contributed by atoms with E-state index in [0.717, 1.165) is 29.2 Å². The highest BCUT2D eigenvalue weighted by Crippen LogP contribution is 2.35. The summed E-state index contributed by atoms with van der Waals surface area (Å²) in [6.07, 6.45) is 0.311. The van der Waals surface area contributed by atoms with Crippen LogP contribution in [0, 0.1) is 0 Å². The van der Waals surface area contributed by atoms with E-state index in [0.29, 0.717) is 11.1 Å². The molecule has 0 aromatic heterocycles. The summed E-state index contributed by atoms with van der Waals surface area (Å²) in [5, 5.41) is 13.3. The number of aliphatic carboxylic acids is 1. The molecule has 0 fully saturated rings. The van der Waals surface area contributed by atoms with Crippen LogP contribution in [-0.4, -0.2) is 29.7 Å². The molecule has 0 aliphatic carbocycles. The number of amides is 1. The first kappa shape index (κ1) is 28.2. The van der Waals surface area contributed by atoms with Crippen molar-refractivity contribution in [2.24, 2.45) is 0 Å². The Bertz CT molecular complexity index is 1190. The molecular formula is C30H34F3NO3. The quantitative estimate of drug-likeness (QED) is 0.231. The number of hydrogen-bond donors (Lipinski definition) is 2. The lowest BCUT2D eigenvalue weighted by Gasteiger charge is -2.20. The van der Waals surface area contributed by atoms with Crippen molar-refractivity contribution in [1.29, 1.82) is 0 Å². The number of carbonyl (C=O) groups is 2. The van der Waals surface area contributed by atoms with Crippen LogP contribution in [0.4, 0.5) is 13.2 Å². The van der Waals surface area contributed by atoms with Crippen LogP contribution in [0.25, 0.3) is 10.8 Å².